The van der Waals surface area contributed by atoms with Gasteiger partial charge in [-0.3, -0.25) is 14.5 Å². The van der Waals surface area contributed by atoms with Crippen molar-refractivity contribution in [2.45, 2.75) is 10.9 Å². The van der Waals surface area contributed by atoms with E-state index >= 15 is 0 Å². The summed E-state index contributed by atoms with van der Waals surface area (Å²) < 4.78 is 8.65. The van der Waals surface area contributed by atoms with Gasteiger partial charge in [-0.25, -0.2) is 9.50 Å². The van der Waals surface area contributed by atoms with Crippen molar-refractivity contribution in [3.63, 3.8) is 0 Å². The molecule has 0 spiro atoms. The van der Waals surface area contributed by atoms with Crippen molar-refractivity contribution in [2.75, 3.05) is 0 Å². The van der Waals surface area contributed by atoms with Crippen molar-refractivity contribution in [3.05, 3.63) is 82.6 Å². The second-order valence-electron chi connectivity index (χ2n) is 6.29. The number of furan rings is 1. The van der Waals surface area contributed by atoms with Gasteiger partial charge >= 0.3 is 0 Å². The number of fused-ring (bicyclic) bond motifs is 1. The van der Waals surface area contributed by atoms with Crippen LogP contribution in [0.1, 0.15) is 11.3 Å². The molecule has 4 heterocycles. The Kier molecular flexibility index (Phi) is 4.42. The smallest absolute Gasteiger partial charge is 0.272 e. The Morgan fingerprint density at radius 3 is 2.80 bits per heavy atom. The molecule has 10 heteroatoms. The minimum Gasteiger partial charge on any atom is -0.461 e. The van der Waals surface area contributed by atoms with Crippen LogP contribution in [0.3, 0.4) is 0 Å². The number of thioether (sulfide) groups is 1. The van der Waals surface area contributed by atoms with Crippen molar-refractivity contribution >= 4 is 17.4 Å². The molecular weight excluding hydrogens is 402 g/mol. The second kappa shape index (κ2) is 7.38. The molecule has 4 aromatic heterocycles. The Labute approximate surface area is 173 Å². The first-order valence-electron chi connectivity index (χ1n) is 8.92. The van der Waals surface area contributed by atoms with Crippen LogP contribution in [0.2, 0.25) is 0 Å². The number of nitrogens with zero attached hydrogens (tertiary/aromatic N) is 6. The summed E-state index contributed by atoms with van der Waals surface area (Å²) in [4.78, 5) is 16.8. The molecule has 0 bridgehead atoms. The SMILES string of the molecule is N#Cc1c[nH]n2c(=O)cc(CSc3nnc(-c4ccco4)n3-c3ccccc3)nc12. The van der Waals surface area contributed by atoms with Crippen molar-refractivity contribution in [1.29, 1.82) is 5.26 Å². The summed E-state index contributed by atoms with van der Waals surface area (Å²) >= 11 is 1.39. The topological polar surface area (TPSA) is 118 Å². The second-order valence-corrected chi connectivity index (χ2v) is 7.23. The molecule has 0 aliphatic heterocycles. The van der Waals surface area contributed by atoms with Gasteiger partial charge in [-0.05, 0) is 24.3 Å². The zero-order chi connectivity index (χ0) is 20.5. The van der Waals surface area contributed by atoms with Gasteiger partial charge in [0.25, 0.3) is 5.56 Å². The molecule has 30 heavy (non-hydrogen) atoms. The first-order valence-corrected chi connectivity index (χ1v) is 9.91. The Hall–Kier alpha value is -4.10. The van der Waals surface area contributed by atoms with Crippen molar-refractivity contribution < 1.29 is 4.42 Å². The molecule has 0 aliphatic rings. The van der Waals surface area contributed by atoms with E-state index in [2.05, 4.69) is 20.3 Å². The van der Waals surface area contributed by atoms with Gasteiger partial charge in [-0.2, -0.15) is 5.26 Å². The average Bonchev–Trinajstić information content (AvgIpc) is 3.51. The van der Waals surface area contributed by atoms with E-state index in [0.717, 1.165) is 5.69 Å². The van der Waals surface area contributed by atoms with Gasteiger partial charge in [0.1, 0.15) is 11.6 Å². The van der Waals surface area contributed by atoms with Gasteiger partial charge in [-0.1, -0.05) is 30.0 Å². The van der Waals surface area contributed by atoms with Gasteiger partial charge in [0.15, 0.2) is 16.6 Å². The maximum atomic E-state index is 12.3. The number of aromatic nitrogens is 6. The number of aromatic amines is 1. The first-order chi connectivity index (χ1) is 14.7. The van der Waals surface area contributed by atoms with E-state index in [1.165, 1.54) is 28.5 Å². The predicted molar refractivity (Wildman–Crippen MR) is 109 cm³/mol. The summed E-state index contributed by atoms with van der Waals surface area (Å²) in [7, 11) is 0. The van der Waals surface area contributed by atoms with E-state index < -0.39 is 0 Å². The van der Waals surface area contributed by atoms with E-state index in [1.54, 1.807) is 12.3 Å². The molecule has 146 valence electrons. The third-order valence-electron chi connectivity index (χ3n) is 4.41. The van der Waals surface area contributed by atoms with Crippen molar-refractivity contribution in [3.8, 4) is 23.3 Å². The van der Waals surface area contributed by atoms with Gasteiger partial charge in [0.2, 0.25) is 5.82 Å². The number of H-pyrrole nitrogens is 1. The standard InChI is InChI=1S/C20H13N7O2S/c21-10-13-11-22-27-17(28)9-14(23-18(13)27)12-30-20-25-24-19(16-7-4-8-29-16)26(20)15-5-2-1-3-6-15/h1-9,11,22H,12H2. The van der Waals surface area contributed by atoms with Crippen LogP contribution >= 0.6 is 11.8 Å². The van der Waals surface area contributed by atoms with Crippen LogP contribution in [0.4, 0.5) is 0 Å². The molecule has 0 radical (unpaired) electrons. The number of nitrogens with one attached hydrogen (secondary N) is 1. The van der Waals surface area contributed by atoms with Crippen LogP contribution < -0.4 is 5.56 Å². The summed E-state index contributed by atoms with van der Waals surface area (Å²) in [6, 6.07) is 16.8. The molecule has 0 fully saturated rings. The zero-order valence-electron chi connectivity index (χ0n) is 15.4. The average molecular weight is 415 g/mol. The molecule has 1 aromatic carbocycles. The van der Waals surface area contributed by atoms with Crippen LogP contribution in [0.5, 0.6) is 0 Å². The molecule has 0 unspecified atom stereocenters. The Morgan fingerprint density at radius 1 is 1.17 bits per heavy atom. The minimum absolute atomic E-state index is 0.280. The van der Waals surface area contributed by atoms with Gasteiger partial charge in [0, 0.05) is 23.7 Å². The lowest BCUT2D eigenvalue weighted by Gasteiger charge is -2.09. The summed E-state index contributed by atoms with van der Waals surface area (Å²) in [5.41, 5.74) is 1.77. The van der Waals surface area contributed by atoms with Crippen LogP contribution in [-0.2, 0) is 5.75 Å². The monoisotopic (exact) mass is 415 g/mol. The van der Waals surface area contributed by atoms with E-state index in [9.17, 15) is 10.1 Å². The molecule has 0 saturated heterocycles. The van der Waals surface area contributed by atoms with Crippen molar-refractivity contribution in [2.24, 2.45) is 0 Å². The fourth-order valence-corrected chi connectivity index (χ4v) is 3.91. The molecule has 5 aromatic rings. The quantitative estimate of drug-likeness (QED) is 0.438. The van der Waals surface area contributed by atoms with E-state index in [4.69, 9.17) is 4.42 Å². The Morgan fingerprint density at radius 2 is 2.03 bits per heavy atom. The molecule has 5 rings (SSSR count). The lowest BCUT2D eigenvalue weighted by molar-refractivity contribution is 0.575. The molecule has 0 saturated carbocycles. The zero-order valence-corrected chi connectivity index (χ0v) is 16.2. The number of benzene rings is 1. The molecule has 9 nitrogen and oxygen atoms in total. The molecule has 1 N–H and O–H groups in total. The van der Waals surface area contributed by atoms with Crippen LogP contribution in [0.25, 0.3) is 22.9 Å². The maximum absolute atomic E-state index is 12.3. The van der Waals surface area contributed by atoms with E-state index in [-0.39, 0.29) is 5.56 Å². The summed E-state index contributed by atoms with van der Waals surface area (Å²) in [5.74, 6) is 1.56. The number of rotatable bonds is 5. The lowest BCUT2D eigenvalue weighted by atomic mass is 10.3. The van der Waals surface area contributed by atoms with Crippen LogP contribution in [0, 0.1) is 11.3 Å². The van der Waals surface area contributed by atoms with Gasteiger partial charge in [0.05, 0.1) is 12.0 Å². The molecule has 0 aliphatic carbocycles. The number of nitriles is 1. The van der Waals surface area contributed by atoms with E-state index in [1.807, 2.05) is 47.0 Å². The summed E-state index contributed by atoms with van der Waals surface area (Å²) in [6.07, 6.45) is 3.05. The fraction of sp³-hybridized carbons (Fsp3) is 0.0500. The molecule has 0 amide bonds. The molecular formula is C20H13N7O2S. The number of para-hydroxylation sites is 1. The Balaban J connectivity index is 1.52. The molecule has 0 atom stereocenters. The maximum Gasteiger partial charge on any atom is 0.272 e. The predicted octanol–water partition coefficient (Wildman–Crippen LogP) is 3.03. The van der Waals surface area contributed by atoms with Crippen LogP contribution in [-0.4, -0.2) is 29.4 Å². The lowest BCUT2D eigenvalue weighted by Crippen LogP contribution is -2.15. The minimum atomic E-state index is -0.280. The third kappa shape index (κ3) is 3.07. The van der Waals surface area contributed by atoms with E-state index in [0.29, 0.717) is 39.4 Å². The summed E-state index contributed by atoms with van der Waals surface area (Å²) in [6.45, 7) is 0. The highest BCUT2D eigenvalue weighted by molar-refractivity contribution is 7.98. The first kappa shape index (κ1) is 18.0. The highest BCUT2D eigenvalue weighted by Crippen LogP contribution is 2.29. The van der Waals surface area contributed by atoms with Gasteiger partial charge < -0.3 is 4.42 Å². The fourth-order valence-electron chi connectivity index (χ4n) is 3.06. The number of hydrogen-bond acceptors (Lipinski definition) is 7. The number of hydrogen-bond donors (Lipinski definition) is 1. The normalized spacial score (nSPS) is 11.0. The summed E-state index contributed by atoms with van der Waals surface area (Å²) in [5, 5.41) is 21.2. The van der Waals surface area contributed by atoms with Crippen LogP contribution in [0.15, 0.2) is 75.4 Å². The third-order valence-corrected chi connectivity index (χ3v) is 5.37. The highest BCUT2D eigenvalue weighted by Gasteiger charge is 2.18. The van der Waals surface area contributed by atoms with Crippen molar-refractivity contribution in [1.82, 2.24) is 29.4 Å². The van der Waals surface area contributed by atoms with Gasteiger partial charge in [-0.15, -0.1) is 10.2 Å². The highest BCUT2D eigenvalue weighted by atomic mass is 32.2. The Bertz CT molecular complexity index is 1430. The largest absolute Gasteiger partial charge is 0.461 e.